The van der Waals surface area contributed by atoms with Gasteiger partial charge in [0.1, 0.15) is 0 Å². The Morgan fingerprint density at radius 2 is 1.89 bits per heavy atom. The quantitative estimate of drug-likeness (QED) is 0.415. The highest BCUT2D eigenvalue weighted by molar-refractivity contribution is 5.57. The molecule has 0 aliphatic rings. The maximum atomic E-state index is 11.0. The van der Waals surface area contributed by atoms with Crippen molar-refractivity contribution in [3.05, 3.63) is 0 Å². The zero-order valence-corrected chi connectivity index (χ0v) is 4.04. The van der Waals surface area contributed by atoms with E-state index in [1.165, 1.54) is 0 Å². The molecule has 0 fully saturated rings. The van der Waals surface area contributed by atoms with Gasteiger partial charge in [0, 0.05) is 0 Å². The standard InChI is InChI=1S/C3H2F4O2/c4-2(8)9-1-3(5,6)7/h1H2. The molecule has 0 aromatic carbocycles. The van der Waals surface area contributed by atoms with Crippen LogP contribution < -0.4 is 0 Å². The van der Waals surface area contributed by atoms with E-state index >= 15 is 0 Å². The number of alkyl halides is 3. The molecule has 0 aromatic rings. The molecule has 0 aliphatic carbocycles. The van der Waals surface area contributed by atoms with Crippen LogP contribution in [0, 0.1) is 0 Å². The Labute approximate surface area is 47.4 Å². The zero-order valence-electron chi connectivity index (χ0n) is 4.04. The van der Waals surface area contributed by atoms with Crippen LogP contribution in [0.15, 0.2) is 0 Å². The normalized spacial score (nSPS) is 11.1. The van der Waals surface area contributed by atoms with E-state index in [9.17, 15) is 17.6 Å². The summed E-state index contributed by atoms with van der Waals surface area (Å²) in [6.45, 7) is -1.87. The highest BCUT2D eigenvalue weighted by Gasteiger charge is 2.29. The molecular formula is C3H2F4O2. The summed E-state index contributed by atoms with van der Waals surface area (Å²) in [5, 5.41) is 0. The van der Waals surface area contributed by atoms with Crippen molar-refractivity contribution in [2.24, 2.45) is 0 Å². The van der Waals surface area contributed by atoms with Crippen molar-refractivity contribution in [1.82, 2.24) is 0 Å². The van der Waals surface area contributed by atoms with Crippen LogP contribution in [0.5, 0.6) is 0 Å². The zero-order chi connectivity index (χ0) is 7.49. The van der Waals surface area contributed by atoms with E-state index in [1.807, 2.05) is 0 Å². The monoisotopic (exact) mass is 146 g/mol. The van der Waals surface area contributed by atoms with E-state index in [1.54, 1.807) is 0 Å². The van der Waals surface area contributed by atoms with Crippen molar-refractivity contribution < 1.29 is 27.1 Å². The van der Waals surface area contributed by atoms with Gasteiger partial charge in [-0.05, 0) is 0 Å². The average Bonchev–Trinajstić information content (AvgIpc) is 1.59. The van der Waals surface area contributed by atoms with Crippen molar-refractivity contribution in [3.8, 4) is 0 Å². The van der Waals surface area contributed by atoms with Gasteiger partial charge in [0.25, 0.3) is 0 Å². The molecule has 54 valence electrons. The summed E-state index contributed by atoms with van der Waals surface area (Å²) in [6.07, 6.45) is -7.07. The fourth-order valence-corrected chi connectivity index (χ4v) is 0.139. The molecular weight excluding hydrogens is 144 g/mol. The van der Waals surface area contributed by atoms with Gasteiger partial charge in [0.05, 0.1) is 0 Å². The molecule has 0 aromatic heterocycles. The first-order valence-electron chi connectivity index (χ1n) is 1.81. The molecule has 0 bridgehead atoms. The molecule has 0 atom stereocenters. The highest BCUT2D eigenvalue weighted by Crippen LogP contribution is 2.14. The summed E-state index contributed by atoms with van der Waals surface area (Å²) in [4.78, 5) is 9.10. The number of carbonyl (C=O) groups excluding carboxylic acids is 1. The Hall–Kier alpha value is -0.810. The molecule has 2 nitrogen and oxygen atoms in total. The number of hydrogen-bond acceptors (Lipinski definition) is 2. The number of carbonyl (C=O) groups is 1. The van der Waals surface area contributed by atoms with Crippen LogP contribution in [0.1, 0.15) is 0 Å². The molecule has 6 heteroatoms. The highest BCUT2D eigenvalue weighted by atomic mass is 19.4. The lowest BCUT2D eigenvalue weighted by molar-refractivity contribution is -0.162. The van der Waals surface area contributed by atoms with E-state index in [4.69, 9.17) is 4.79 Å². The summed E-state index contributed by atoms with van der Waals surface area (Å²) in [5.74, 6) is 0. The third-order valence-corrected chi connectivity index (χ3v) is 0.349. The minimum absolute atomic E-state index is 1.87. The first-order valence-corrected chi connectivity index (χ1v) is 1.81. The van der Waals surface area contributed by atoms with Crippen LogP contribution in [0.2, 0.25) is 0 Å². The topological polar surface area (TPSA) is 26.3 Å². The van der Waals surface area contributed by atoms with Gasteiger partial charge in [-0.2, -0.15) is 13.2 Å². The number of ether oxygens (including phenoxy) is 1. The van der Waals surface area contributed by atoms with Crippen molar-refractivity contribution in [3.63, 3.8) is 0 Å². The predicted octanol–water partition coefficient (Wildman–Crippen LogP) is 1.65. The Bertz CT molecular complexity index is 107. The van der Waals surface area contributed by atoms with Gasteiger partial charge in [-0.15, -0.1) is 4.39 Å². The van der Waals surface area contributed by atoms with Crippen molar-refractivity contribution >= 4 is 6.22 Å². The Balaban J connectivity index is 3.39. The van der Waals surface area contributed by atoms with Gasteiger partial charge in [-0.1, -0.05) is 0 Å². The molecule has 0 spiro atoms. The minimum Gasteiger partial charge on any atom is -0.431 e. The Kier molecular flexibility index (Phi) is 2.41. The Morgan fingerprint density at radius 1 is 1.44 bits per heavy atom. The second-order valence-electron chi connectivity index (χ2n) is 1.14. The van der Waals surface area contributed by atoms with E-state index in [0.717, 1.165) is 0 Å². The van der Waals surface area contributed by atoms with Crippen LogP contribution in [0.4, 0.5) is 22.4 Å². The maximum absolute atomic E-state index is 11.0. The summed E-state index contributed by atoms with van der Waals surface area (Å²) in [7, 11) is 0. The fraction of sp³-hybridized carbons (Fsp3) is 0.667. The third kappa shape index (κ3) is 7.19. The second kappa shape index (κ2) is 2.65. The first kappa shape index (κ1) is 8.19. The van der Waals surface area contributed by atoms with Gasteiger partial charge < -0.3 is 4.74 Å². The van der Waals surface area contributed by atoms with E-state index < -0.39 is 19.0 Å². The SMILES string of the molecule is O=C(F)OCC(F)(F)F. The van der Waals surface area contributed by atoms with E-state index in [2.05, 4.69) is 4.74 Å². The lowest BCUT2D eigenvalue weighted by Crippen LogP contribution is -2.17. The minimum atomic E-state index is -4.65. The summed E-state index contributed by atoms with van der Waals surface area (Å²) < 4.78 is 46.8. The maximum Gasteiger partial charge on any atom is 0.495 e. The molecule has 0 aliphatic heterocycles. The average molecular weight is 146 g/mol. The van der Waals surface area contributed by atoms with E-state index in [-0.39, 0.29) is 0 Å². The molecule has 0 rings (SSSR count). The Morgan fingerprint density at radius 3 is 2.00 bits per heavy atom. The van der Waals surface area contributed by atoms with Crippen molar-refractivity contribution in [2.45, 2.75) is 6.18 Å². The van der Waals surface area contributed by atoms with Crippen LogP contribution in [-0.4, -0.2) is 19.0 Å². The lowest BCUT2D eigenvalue weighted by atomic mass is 10.7. The molecule has 0 saturated carbocycles. The van der Waals surface area contributed by atoms with Gasteiger partial charge in [0.15, 0.2) is 6.61 Å². The van der Waals surface area contributed by atoms with Crippen LogP contribution >= 0.6 is 0 Å². The molecule has 0 N–H and O–H groups in total. The van der Waals surface area contributed by atoms with E-state index in [0.29, 0.717) is 0 Å². The van der Waals surface area contributed by atoms with Gasteiger partial charge in [0.2, 0.25) is 0 Å². The lowest BCUT2D eigenvalue weighted by Gasteiger charge is -2.02. The number of rotatable bonds is 1. The van der Waals surface area contributed by atoms with Gasteiger partial charge >= 0.3 is 12.4 Å². The second-order valence-corrected chi connectivity index (χ2v) is 1.14. The molecule has 0 unspecified atom stereocenters. The fourth-order valence-electron chi connectivity index (χ4n) is 0.139. The summed E-state index contributed by atoms with van der Waals surface area (Å²) in [6, 6.07) is 0. The molecule has 0 heterocycles. The van der Waals surface area contributed by atoms with Gasteiger partial charge in [-0.25, -0.2) is 4.79 Å². The van der Waals surface area contributed by atoms with Crippen LogP contribution in [0.25, 0.3) is 0 Å². The van der Waals surface area contributed by atoms with Crippen molar-refractivity contribution in [1.29, 1.82) is 0 Å². The third-order valence-electron chi connectivity index (χ3n) is 0.349. The van der Waals surface area contributed by atoms with Crippen LogP contribution in [0.3, 0.4) is 0 Å². The molecule has 0 saturated heterocycles. The largest absolute Gasteiger partial charge is 0.495 e. The van der Waals surface area contributed by atoms with Gasteiger partial charge in [-0.3, -0.25) is 0 Å². The number of hydrogen-bond donors (Lipinski definition) is 0. The van der Waals surface area contributed by atoms with Crippen molar-refractivity contribution in [2.75, 3.05) is 6.61 Å². The molecule has 9 heavy (non-hydrogen) atoms. The summed E-state index contributed by atoms with van der Waals surface area (Å²) in [5.41, 5.74) is 0. The smallest absolute Gasteiger partial charge is 0.431 e. The number of halogens is 4. The predicted molar refractivity (Wildman–Crippen MR) is 18.5 cm³/mol. The molecule has 0 radical (unpaired) electrons. The van der Waals surface area contributed by atoms with Crippen LogP contribution in [-0.2, 0) is 4.74 Å². The first-order chi connectivity index (χ1) is 3.92. The molecule has 0 amide bonds. The summed E-state index contributed by atoms with van der Waals surface area (Å²) >= 11 is 0.